The second-order valence-corrected chi connectivity index (χ2v) is 6.38. The normalized spacial score (nSPS) is 27.0. The molecule has 2 fully saturated rings. The number of aromatic nitrogens is 3. The lowest BCUT2D eigenvalue weighted by molar-refractivity contribution is -0.146. The lowest BCUT2D eigenvalue weighted by Crippen LogP contribution is -2.50. The van der Waals surface area contributed by atoms with Crippen molar-refractivity contribution in [2.24, 2.45) is 0 Å². The van der Waals surface area contributed by atoms with Crippen LogP contribution in [-0.2, 0) is 15.1 Å². The Morgan fingerprint density at radius 2 is 2.23 bits per heavy atom. The highest BCUT2D eigenvalue weighted by Crippen LogP contribution is 2.29. The first-order chi connectivity index (χ1) is 10.7. The topological polar surface area (TPSA) is 91.3 Å². The van der Waals surface area contributed by atoms with Crippen molar-refractivity contribution in [3.8, 4) is 0 Å². The van der Waals surface area contributed by atoms with Crippen LogP contribution in [0.25, 0.3) is 0 Å². The lowest BCUT2D eigenvalue weighted by Gasteiger charge is -2.38. The van der Waals surface area contributed by atoms with E-state index in [9.17, 15) is 9.90 Å². The van der Waals surface area contributed by atoms with Crippen molar-refractivity contribution in [1.82, 2.24) is 20.3 Å². The highest BCUT2D eigenvalue weighted by atomic mass is 16.5. The summed E-state index contributed by atoms with van der Waals surface area (Å²) in [6.07, 6.45) is 8.83. The fourth-order valence-electron chi connectivity index (χ4n) is 3.40. The van der Waals surface area contributed by atoms with Gasteiger partial charge in [-0.05, 0) is 25.7 Å². The Hall–Kier alpha value is -1.47. The van der Waals surface area contributed by atoms with E-state index in [4.69, 9.17) is 4.74 Å². The second kappa shape index (κ2) is 6.75. The van der Waals surface area contributed by atoms with Crippen LogP contribution in [-0.4, -0.2) is 57.1 Å². The Bertz CT molecular complexity index is 487. The zero-order valence-corrected chi connectivity index (χ0v) is 12.8. The first-order valence-corrected chi connectivity index (χ1v) is 8.15. The van der Waals surface area contributed by atoms with E-state index in [0.717, 1.165) is 19.3 Å². The van der Waals surface area contributed by atoms with E-state index in [2.05, 4.69) is 15.4 Å². The number of H-pyrrole nitrogens is 1. The average Bonchev–Trinajstić information content (AvgIpc) is 3.09. The summed E-state index contributed by atoms with van der Waals surface area (Å²) in [4.78, 5) is 14.0. The monoisotopic (exact) mass is 308 g/mol. The number of nitrogens with zero attached hydrogens (tertiary/aromatic N) is 3. The van der Waals surface area contributed by atoms with Crippen LogP contribution in [0.15, 0.2) is 6.20 Å². The van der Waals surface area contributed by atoms with Gasteiger partial charge in [0.2, 0.25) is 5.91 Å². The molecule has 122 valence electrons. The molecule has 1 atom stereocenters. The number of piperidine rings is 1. The summed E-state index contributed by atoms with van der Waals surface area (Å²) in [5, 5.41) is 20.9. The van der Waals surface area contributed by atoms with Gasteiger partial charge in [0.05, 0.1) is 18.8 Å². The Labute approximate surface area is 130 Å². The number of amides is 1. The smallest absolute Gasteiger partial charge is 0.248 e. The minimum absolute atomic E-state index is 0.0489. The molecular weight excluding hydrogens is 284 g/mol. The van der Waals surface area contributed by atoms with Crippen molar-refractivity contribution in [1.29, 1.82) is 0 Å². The summed E-state index contributed by atoms with van der Waals surface area (Å²) in [5.41, 5.74) is -0.607. The maximum absolute atomic E-state index is 12.3. The molecule has 1 saturated carbocycles. The number of β-amino-alcohol motifs (C(OH)–C–C–N with tert-alkyl or cyclic N) is 1. The van der Waals surface area contributed by atoms with E-state index in [-0.39, 0.29) is 25.2 Å². The summed E-state index contributed by atoms with van der Waals surface area (Å²) < 4.78 is 5.75. The van der Waals surface area contributed by atoms with E-state index in [1.807, 2.05) is 0 Å². The Balaban J connectivity index is 1.54. The summed E-state index contributed by atoms with van der Waals surface area (Å²) in [6, 6.07) is 0. The summed E-state index contributed by atoms with van der Waals surface area (Å²) in [6.45, 7) is 1.03. The van der Waals surface area contributed by atoms with Crippen molar-refractivity contribution < 1.29 is 14.6 Å². The molecule has 22 heavy (non-hydrogen) atoms. The van der Waals surface area contributed by atoms with Gasteiger partial charge in [-0.1, -0.05) is 19.3 Å². The van der Waals surface area contributed by atoms with E-state index in [0.29, 0.717) is 18.7 Å². The summed E-state index contributed by atoms with van der Waals surface area (Å²) >= 11 is 0. The van der Waals surface area contributed by atoms with Crippen LogP contribution >= 0.6 is 0 Å². The standard InChI is InChI=1S/C15H24N4O3/c20-14(10-22-12-5-2-1-3-6-12)19-8-4-7-15(21,11-19)13-9-16-18-17-13/h9,12,21H,1-8,10-11H2,(H,16,17,18). The molecule has 0 bridgehead atoms. The zero-order valence-electron chi connectivity index (χ0n) is 12.8. The van der Waals surface area contributed by atoms with Crippen LogP contribution in [0.2, 0.25) is 0 Å². The van der Waals surface area contributed by atoms with Gasteiger partial charge in [-0.25, -0.2) is 0 Å². The first kappa shape index (κ1) is 15.4. The molecule has 1 aliphatic carbocycles. The first-order valence-electron chi connectivity index (χ1n) is 8.15. The number of aliphatic hydroxyl groups is 1. The molecule has 1 aliphatic heterocycles. The third-order valence-corrected chi connectivity index (χ3v) is 4.71. The minimum atomic E-state index is -1.11. The van der Waals surface area contributed by atoms with Crippen LogP contribution in [0, 0.1) is 0 Å². The van der Waals surface area contributed by atoms with Gasteiger partial charge in [0.1, 0.15) is 17.9 Å². The number of aromatic amines is 1. The number of carbonyl (C=O) groups excluding carboxylic acids is 1. The fourth-order valence-corrected chi connectivity index (χ4v) is 3.40. The van der Waals surface area contributed by atoms with Crippen molar-refractivity contribution >= 4 is 5.91 Å². The van der Waals surface area contributed by atoms with Crippen molar-refractivity contribution in [2.45, 2.75) is 56.7 Å². The van der Waals surface area contributed by atoms with Gasteiger partial charge in [-0.15, -0.1) is 0 Å². The molecule has 7 nitrogen and oxygen atoms in total. The SMILES string of the molecule is O=C(COC1CCCCC1)N1CCCC(O)(c2cn[nH]n2)C1. The summed E-state index contributed by atoms with van der Waals surface area (Å²) in [7, 11) is 0. The third-order valence-electron chi connectivity index (χ3n) is 4.71. The van der Waals surface area contributed by atoms with Gasteiger partial charge in [0.15, 0.2) is 0 Å². The van der Waals surface area contributed by atoms with E-state index >= 15 is 0 Å². The number of rotatable bonds is 4. The van der Waals surface area contributed by atoms with Crippen LogP contribution in [0.3, 0.4) is 0 Å². The molecule has 0 spiro atoms. The molecule has 0 radical (unpaired) electrons. The number of nitrogens with one attached hydrogen (secondary N) is 1. The van der Waals surface area contributed by atoms with Crippen molar-refractivity contribution in [3.63, 3.8) is 0 Å². The Kier molecular flexibility index (Phi) is 4.73. The maximum atomic E-state index is 12.3. The van der Waals surface area contributed by atoms with Gasteiger partial charge >= 0.3 is 0 Å². The predicted octanol–water partition coefficient (Wildman–Crippen LogP) is 0.964. The van der Waals surface area contributed by atoms with Crippen LogP contribution in [0.1, 0.15) is 50.6 Å². The molecule has 1 saturated heterocycles. The highest BCUT2D eigenvalue weighted by molar-refractivity contribution is 5.77. The van der Waals surface area contributed by atoms with Gasteiger partial charge in [0, 0.05) is 6.54 Å². The predicted molar refractivity (Wildman–Crippen MR) is 78.9 cm³/mol. The molecule has 1 aromatic heterocycles. The summed E-state index contributed by atoms with van der Waals surface area (Å²) in [5.74, 6) is -0.0489. The van der Waals surface area contributed by atoms with E-state index in [1.54, 1.807) is 4.90 Å². The number of hydrogen-bond acceptors (Lipinski definition) is 5. The average molecular weight is 308 g/mol. The van der Waals surface area contributed by atoms with Crippen LogP contribution in [0.4, 0.5) is 0 Å². The molecule has 0 aromatic carbocycles. The van der Waals surface area contributed by atoms with E-state index in [1.165, 1.54) is 25.5 Å². The second-order valence-electron chi connectivity index (χ2n) is 6.38. The largest absolute Gasteiger partial charge is 0.382 e. The number of hydrogen-bond donors (Lipinski definition) is 2. The molecular formula is C15H24N4O3. The minimum Gasteiger partial charge on any atom is -0.382 e. The quantitative estimate of drug-likeness (QED) is 0.864. The van der Waals surface area contributed by atoms with Gasteiger partial charge in [-0.2, -0.15) is 15.4 Å². The molecule has 1 amide bonds. The highest BCUT2D eigenvalue weighted by Gasteiger charge is 2.38. The Morgan fingerprint density at radius 3 is 2.95 bits per heavy atom. The number of ether oxygens (including phenoxy) is 1. The lowest BCUT2D eigenvalue weighted by atomic mass is 9.90. The fraction of sp³-hybridized carbons (Fsp3) is 0.800. The van der Waals surface area contributed by atoms with Crippen LogP contribution < -0.4 is 0 Å². The van der Waals surface area contributed by atoms with Crippen molar-refractivity contribution in [3.05, 3.63) is 11.9 Å². The molecule has 2 aliphatic rings. The Morgan fingerprint density at radius 1 is 1.41 bits per heavy atom. The van der Waals surface area contributed by atoms with Gasteiger partial charge in [0.25, 0.3) is 0 Å². The maximum Gasteiger partial charge on any atom is 0.248 e. The zero-order chi connectivity index (χ0) is 15.4. The van der Waals surface area contributed by atoms with Gasteiger partial charge in [-0.3, -0.25) is 4.79 Å². The van der Waals surface area contributed by atoms with E-state index < -0.39 is 5.60 Å². The molecule has 3 rings (SSSR count). The van der Waals surface area contributed by atoms with Crippen LogP contribution in [0.5, 0.6) is 0 Å². The van der Waals surface area contributed by atoms with Crippen molar-refractivity contribution in [2.75, 3.05) is 19.7 Å². The third kappa shape index (κ3) is 3.47. The molecule has 2 heterocycles. The number of likely N-dealkylation sites (tertiary alicyclic amines) is 1. The number of carbonyl (C=O) groups is 1. The molecule has 7 heteroatoms. The molecule has 2 N–H and O–H groups in total. The van der Waals surface area contributed by atoms with Gasteiger partial charge < -0.3 is 14.7 Å². The molecule has 1 aromatic rings. The molecule has 1 unspecified atom stereocenters.